The third-order valence-corrected chi connectivity index (χ3v) is 4.27. The van der Waals surface area contributed by atoms with Gasteiger partial charge in [0.25, 0.3) is 5.91 Å². The van der Waals surface area contributed by atoms with Crippen LogP contribution in [-0.4, -0.2) is 45.2 Å². The van der Waals surface area contributed by atoms with Crippen LogP contribution in [-0.2, 0) is 0 Å². The van der Waals surface area contributed by atoms with E-state index in [-0.39, 0.29) is 5.91 Å². The Morgan fingerprint density at radius 3 is 2.55 bits per heavy atom. The lowest BCUT2D eigenvalue weighted by Gasteiger charge is -2.12. The highest BCUT2D eigenvalue weighted by Gasteiger charge is 2.06. The van der Waals surface area contributed by atoms with E-state index in [1.807, 2.05) is 18.2 Å². The summed E-state index contributed by atoms with van der Waals surface area (Å²) in [5, 5.41) is 11.5. The largest absolute Gasteiger partial charge is 0.494 e. The van der Waals surface area contributed by atoms with Gasteiger partial charge < -0.3 is 25.1 Å². The third kappa shape index (κ3) is 6.27. The van der Waals surface area contributed by atoms with Crippen LogP contribution in [0.15, 0.2) is 70.3 Å². The Kier molecular flexibility index (Phi) is 7.51. The second-order valence-electron chi connectivity index (χ2n) is 6.37. The van der Waals surface area contributed by atoms with Crippen LogP contribution < -0.4 is 20.7 Å². The molecule has 0 fully saturated rings. The van der Waals surface area contributed by atoms with Gasteiger partial charge in [-0.25, -0.2) is 0 Å². The third-order valence-electron chi connectivity index (χ3n) is 4.27. The first-order valence-corrected chi connectivity index (χ1v) is 9.64. The summed E-state index contributed by atoms with van der Waals surface area (Å²) in [7, 11) is 1.71. The average molecular weight is 394 g/mol. The predicted molar refractivity (Wildman–Crippen MR) is 114 cm³/mol. The van der Waals surface area contributed by atoms with Crippen LogP contribution in [0.3, 0.4) is 0 Å². The van der Waals surface area contributed by atoms with Crippen LogP contribution in [0.4, 0.5) is 0 Å². The van der Waals surface area contributed by atoms with E-state index in [0.717, 1.165) is 18.7 Å². The Morgan fingerprint density at radius 2 is 1.76 bits per heavy atom. The SMILES string of the molecule is CN=C(NCCCOc1ccc2ccccc2c1)NCCNC(=O)c1ccco1. The fraction of sp³-hybridized carbons (Fsp3) is 0.273. The molecule has 3 N–H and O–H groups in total. The first kappa shape index (κ1) is 20.3. The molecule has 152 valence electrons. The molecule has 7 nitrogen and oxygen atoms in total. The summed E-state index contributed by atoms with van der Waals surface area (Å²) in [6.45, 7) is 2.36. The molecule has 0 aliphatic heterocycles. The number of guanidine groups is 1. The Morgan fingerprint density at radius 1 is 0.966 bits per heavy atom. The van der Waals surface area contributed by atoms with Crippen molar-refractivity contribution in [3.05, 3.63) is 66.6 Å². The van der Waals surface area contributed by atoms with E-state index in [1.54, 1.807) is 19.2 Å². The molecule has 0 radical (unpaired) electrons. The molecule has 3 aromatic rings. The van der Waals surface area contributed by atoms with Crippen LogP contribution in [0.5, 0.6) is 5.75 Å². The number of hydrogen-bond acceptors (Lipinski definition) is 4. The maximum Gasteiger partial charge on any atom is 0.287 e. The molecule has 0 bridgehead atoms. The maximum absolute atomic E-state index is 11.8. The first-order valence-electron chi connectivity index (χ1n) is 9.64. The standard InChI is InChI=1S/C22H26N4O3/c1-23-22(26-13-12-24-21(27)20-8-4-14-29-20)25-11-5-15-28-19-10-9-17-6-2-3-7-18(17)16-19/h2-4,6-10,14,16H,5,11-13,15H2,1H3,(H,24,27)(H2,23,25,26). The molecule has 1 heterocycles. The number of ether oxygens (including phenoxy) is 1. The maximum atomic E-state index is 11.8. The van der Waals surface area contributed by atoms with E-state index < -0.39 is 0 Å². The van der Waals surface area contributed by atoms with Gasteiger partial charge in [-0.05, 0) is 41.5 Å². The second kappa shape index (κ2) is 10.8. The van der Waals surface area contributed by atoms with Crippen LogP contribution in [0.2, 0.25) is 0 Å². The highest BCUT2D eigenvalue weighted by atomic mass is 16.5. The Hall–Kier alpha value is -3.48. The van der Waals surface area contributed by atoms with Gasteiger partial charge in [0.2, 0.25) is 0 Å². The molecular weight excluding hydrogens is 368 g/mol. The molecule has 0 atom stereocenters. The normalized spacial score (nSPS) is 11.3. The molecule has 0 aliphatic rings. The van der Waals surface area contributed by atoms with Crippen LogP contribution >= 0.6 is 0 Å². The number of rotatable bonds is 9. The number of benzene rings is 2. The number of hydrogen-bond donors (Lipinski definition) is 3. The number of carbonyl (C=O) groups excluding carboxylic acids is 1. The number of amides is 1. The quantitative estimate of drug-likeness (QED) is 0.295. The molecule has 0 saturated carbocycles. The van der Waals surface area contributed by atoms with Gasteiger partial charge in [-0.3, -0.25) is 9.79 Å². The molecule has 29 heavy (non-hydrogen) atoms. The van der Waals surface area contributed by atoms with Crippen molar-refractivity contribution in [3.63, 3.8) is 0 Å². The molecule has 2 aromatic carbocycles. The molecule has 1 amide bonds. The van der Waals surface area contributed by atoms with E-state index in [9.17, 15) is 4.79 Å². The smallest absolute Gasteiger partial charge is 0.287 e. The molecule has 0 saturated heterocycles. The number of carbonyl (C=O) groups is 1. The zero-order chi connectivity index (χ0) is 20.3. The minimum atomic E-state index is -0.231. The topological polar surface area (TPSA) is 87.9 Å². The lowest BCUT2D eigenvalue weighted by atomic mass is 10.1. The van der Waals surface area contributed by atoms with Crippen molar-refractivity contribution >= 4 is 22.6 Å². The molecule has 1 aromatic heterocycles. The first-order chi connectivity index (χ1) is 14.3. The number of nitrogens with one attached hydrogen (secondary N) is 3. The molecular formula is C22H26N4O3. The molecule has 0 aliphatic carbocycles. The van der Waals surface area contributed by atoms with Gasteiger partial charge >= 0.3 is 0 Å². The van der Waals surface area contributed by atoms with Crippen LogP contribution in [0, 0.1) is 0 Å². The molecule has 0 unspecified atom stereocenters. The van der Waals surface area contributed by atoms with Gasteiger partial charge in [-0.1, -0.05) is 30.3 Å². The summed E-state index contributed by atoms with van der Waals surface area (Å²) < 4.78 is 10.9. The van der Waals surface area contributed by atoms with Gasteiger partial charge in [0.1, 0.15) is 5.75 Å². The minimum Gasteiger partial charge on any atom is -0.494 e. The summed E-state index contributed by atoms with van der Waals surface area (Å²) >= 11 is 0. The van der Waals surface area contributed by atoms with Crippen LogP contribution in [0.25, 0.3) is 10.8 Å². The van der Waals surface area contributed by atoms with Crippen molar-refractivity contribution in [2.75, 3.05) is 33.3 Å². The molecule has 7 heteroatoms. The Bertz CT molecular complexity index is 938. The van der Waals surface area contributed by atoms with Crippen molar-refractivity contribution < 1.29 is 13.9 Å². The zero-order valence-corrected chi connectivity index (χ0v) is 16.5. The summed E-state index contributed by atoms with van der Waals surface area (Å²) in [5.74, 6) is 1.63. The summed E-state index contributed by atoms with van der Waals surface area (Å²) in [5.41, 5.74) is 0. The van der Waals surface area contributed by atoms with Crippen LogP contribution in [0.1, 0.15) is 17.0 Å². The minimum absolute atomic E-state index is 0.231. The van der Waals surface area contributed by atoms with E-state index in [1.165, 1.54) is 17.0 Å². The predicted octanol–water partition coefficient (Wildman–Crippen LogP) is 2.80. The number of fused-ring (bicyclic) bond motifs is 1. The number of furan rings is 1. The van der Waals surface area contributed by atoms with Gasteiger partial charge in [-0.2, -0.15) is 0 Å². The van der Waals surface area contributed by atoms with Crippen molar-refractivity contribution in [1.29, 1.82) is 0 Å². The zero-order valence-electron chi connectivity index (χ0n) is 16.5. The van der Waals surface area contributed by atoms with Gasteiger partial charge in [0.15, 0.2) is 11.7 Å². The van der Waals surface area contributed by atoms with Crippen molar-refractivity contribution in [3.8, 4) is 5.75 Å². The number of nitrogens with zero attached hydrogens (tertiary/aromatic N) is 1. The van der Waals surface area contributed by atoms with E-state index >= 15 is 0 Å². The summed E-state index contributed by atoms with van der Waals surface area (Å²) in [4.78, 5) is 15.9. The van der Waals surface area contributed by atoms with Crippen molar-refractivity contribution in [2.45, 2.75) is 6.42 Å². The molecule has 3 rings (SSSR count). The van der Waals surface area contributed by atoms with Gasteiger partial charge in [-0.15, -0.1) is 0 Å². The number of aliphatic imine (C=N–C) groups is 1. The van der Waals surface area contributed by atoms with Crippen molar-refractivity contribution in [1.82, 2.24) is 16.0 Å². The Balaban J connectivity index is 1.29. The highest BCUT2D eigenvalue weighted by molar-refractivity contribution is 5.91. The fourth-order valence-electron chi connectivity index (χ4n) is 2.80. The highest BCUT2D eigenvalue weighted by Crippen LogP contribution is 2.20. The summed E-state index contributed by atoms with van der Waals surface area (Å²) in [6.07, 6.45) is 2.31. The lowest BCUT2D eigenvalue weighted by molar-refractivity contribution is 0.0926. The lowest BCUT2D eigenvalue weighted by Crippen LogP contribution is -2.42. The monoisotopic (exact) mass is 394 g/mol. The summed E-state index contributed by atoms with van der Waals surface area (Å²) in [6, 6.07) is 17.7. The van der Waals surface area contributed by atoms with E-state index in [2.05, 4.69) is 45.2 Å². The Labute approximate surface area is 170 Å². The van der Waals surface area contributed by atoms with Gasteiger partial charge in [0.05, 0.1) is 12.9 Å². The average Bonchev–Trinajstić information content (AvgIpc) is 3.30. The van der Waals surface area contributed by atoms with E-state index in [4.69, 9.17) is 9.15 Å². The molecule has 0 spiro atoms. The van der Waals surface area contributed by atoms with Crippen molar-refractivity contribution in [2.24, 2.45) is 4.99 Å². The fourth-order valence-corrected chi connectivity index (χ4v) is 2.80. The second-order valence-corrected chi connectivity index (χ2v) is 6.37. The van der Waals surface area contributed by atoms with Gasteiger partial charge in [0, 0.05) is 26.7 Å². The van der Waals surface area contributed by atoms with E-state index in [0.29, 0.717) is 31.4 Å².